The minimum absolute atomic E-state index is 0.180. The van der Waals surface area contributed by atoms with Gasteiger partial charge in [-0.3, -0.25) is 4.79 Å². The van der Waals surface area contributed by atoms with Crippen LogP contribution < -0.4 is 10.6 Å². The lowest BCUT2D eigenvalue weighted by molar-refractivity contribution is 0.0948. The fourth-order valence-corrected chi connectivity index (χ4v) is 2.66. The van der Waals surface area contributed by atoms with Crippen molar-refractivity contribution >= 4 is 17.3 Å². The molecule has 0 saturated carbocycles. The van der Waals surface area contributed by atoms with E-state index in [0.717, 1.165) is 24.2 Å². The Morgan fingerprint density at radius 3 is 2.59 bits per heavy atom. The van der Waals surface area contributed by atoms with Gasteiger partial charge in [-0.25, -0.2) is 4.98 Å². The van der Waals surface area contributed by atoms with E-state index >= 15 is 0 Å². The van der Waals surface area contributed by atoms with Crippen LogP contribution in [0.5, 0.6) is 0 Å². The van der Waals surface area contributed by atoms with E-state index in [1.165, 1.54) is 5.56 Å². The molecule has 134 valence electrons. The Morgan fingerprint density at radius 2 is 1.85 bits per heavy atom. The van der Waals surface area contributed by atoms with Crippen LogP contribution >= 0.6 is 0 Å². The number of aromatic nitrogens is 1. The van der Waals surface area contributed by atoms with E-state index < -0.39 is 0 Å². The molecule has 2 N–H and O–H groups in total. The van der Waals surface area contributed by atoms with E-state index in [4.69, 9.17) is 5.26 Å². The standard InChI is InChI=1S/C22H20N4O/c23-15-18-8-4-10-19(14-18)26-20-11-12-21(25-16-20)22(27)24-13-5-9-17-6-2-1-3-7-17/h1-4,6-8,10-12,14,16,26H,5,9,13H2,(H,24,27). The molecule has 0 radical (unpaired) electrons. The Labute approximate surface area is 158 Å². The summed E-state index contributed by atoms with van der Waals surface area (Å²) in [6.07, 6.45) is 3.42. The molecule has 3 aromatic rings. The summed E-state index contributed by atoms with van der Waals surface area (Å²) in [6, 6.07) is 23.0. The number of rotatable bonds is 7. The van der Waals surface area contributed by atoms with Gasteiger partial charge < -0.3 is 10.6 Å². The van der Waals surface area contributed by atoms with E-state index in [9.17, 15) is 4.79 Å². The quantitative estimate of drug-likeness (QED) is 0.626. The van der Waals surface area contributed by atoms with Crippen LogP contribution in [0.2, 0.25) is 0 Å². The zero-order valence-corrected chi connectivity index (χ0v) is 14.9. The van der Waals surface area contributed by atoms with Crippen LogP contribution in [0.25, 0.3) is 0 Å². The van der Waals surface area contributed by atoms with E-state index in [2.05, 4.69) is 33.8 Å². The van der Waals surface area contributed by atoms with Crippen molar-refractivity contribution in [3.05, 3.63) is 89.7 Å². The highest BCUT2D eigenvalue weighted by Crippen LogP contribution is 2.17. The van der Waals surface area contributed by atoms with Crippen LogP contribution in [0.3, 0.4) is 0 Å². The van der Waals surface area contributed by atoms with Crippen LogP contribution in [0.1, 0.15) is 28.0 Å². The Hall–Kier alpha value is -3.65. The van der Waals surface area contributed by atoms with Crippen molar-refractivity contribution in [2.45, 2.75) is 12.8 Å². The highest BCUT2D eigenvalue weighted by Gasteiger charge is 2.06. The number of nitrogens with one attached hydrogen (secondary N) is 2. The van der Waals surface area contributed by atoms with Gasteiger partial charge in [-0.2, -0.15) is 5.26 Å². The summed E-state index contributed by atoms with van der Waals surface area (Å²) in [5.41, 5.74) is 3.78. The maximum atomic E-state index is 12.2. The summed E-state index contributed by atoms with van der Waals surface area (Å²) >= 11 is 0. The molecule has 0 unspecified atom stereocenters. The topological polar surface area (TPSA) is 77.8 Å². The first-order valence-electron chi connectivity index (χ1n) is 8.80. The van der Waals surface area contributed by atoms with Crippen molar-refractivity contribution in [2.75, 3.05) is 11.9 Å². The summed E-state index contributed by atoms with van der Waals surface area (Å²) in [5.74, 6) is -0.180. The van der Waals surface area contributed by atoms with Gasteiger partial charge in [0.1, 0.15) is 5.69 Å². The van der Waals surface area contributed by atoms with Gasteiger partial charge in [-0.15, -0.1) is 0 Å². The number of pyridine rings is 1. The molecule has 0 bridgehead atoms. The molecule has 0 spiro atoms. The second-order valence-electron chi connectivity index (χ2n) is 6.09. The van der Waals surface area contributed by atoms with Gasteiger partial charge in [-0.1, -0.05) is 36.4 Å². The number of aryl methyl sites for hydroxylation is 1. The van der Waals surface area contributed by atoms with Crippen LogP contribution in [0.4, 0.5) is 11.4 Å². The van der Waals surface area contributed by atoms with Gasteiger partial charge in [0.25, 0.3) is 5.91 Å². The molecule has 0 aliphatic heterocycles. The molecule has 1 amide bonds. The fraction of sp³-hybridized carbons (Fsp3) is 0.136. The number of hydrogen-bond acceptors (Lipinski definition) is 4. The maximum absolute atomic E-state index is 12.2. The molecular formula is C22H20N4O. The molecule has 5 nitrogen and oxygen atoms in total. The van der Waals surface area contributed by atoms with Crippen molar-refractivity contribution in [3.8, 4) is 6.07 Å². The normalized spacial score (nSPS) is 10.0. The first kappa shape index (κ1) is 18.2. The Balaban J connectivity index is 1.49. The summed E-state index contributed by atoms with van der Waals surface area (Å²) in [4.78, 5) is 16.4. The Kier molecular flexibility index (Phi) is 6.16. The van der Waals surface area contributed by atoms with Gasteiger partial charge in [0.15, 0.2) is 0 Å². The van der Waals surface area contributed by atoms with Gasteiger partial charge in [0.05, 0.1) is 23.5 Å². The van der Waals surface area contributed by atoms with E-state index in [1.807, 2.05) is 30.3 Å². The molecule has 0 aliphatic carbocycles. The third kappa shape index (κ3) is 5.41. The Bertz CT molecular complexity index is 931. The molecule has 2 aromatic carbocycles. The second kappa shape index (κ2) is 9.16. The molecule has 5 heteroatoms. The van der Waals surface area contributed by atoms with Crippen LogP contribution in [-0.2, 0) is 6.42 Å². The molecule has 1 heterocycles. The molecular weight excluding hydrogens is 336 g/mol. The molecule has 0 aliphatic rings. The summed E-state index contributed by atoms with van der Waals surface area (Å²) in [7, 11) is 0. The lowest BCUT2D eigenvalue weighted by Crippen LogP contribution is -2.25. The third-order valence-electron chi connectivity index (χ3n) is 4.05. The van der Waals surface area contributed by atoms with Crippen LogP contribution in [0.15, 0.2) is 72.9 Å². The van der Waals surface area contributed by atoms with Gasteiger partial charge >= 0.3 is 0 Å². The molecule has 0 atom stereocenters. The predicted molar refractivity (Wildman–Crippen MR) is 106 cm³/mol. The monoisotopic (exact) mass is 356 g/mol. The zero-order valence-electron chi connectivity index (χ0n) is 14.9. The predicted octanol–water partition coefficient (Wildman–Crippen LogP) is 4.06. The van der Waals surface area contributed by atoms with Gasteiger partial charge in [-0.05, 0) is 48.7 Å². The first-order valence-corrected chi connectivity index (χ1v) is 8.80. The Morgan fingerprint density at radius 1 is 1.00 bits per heavy atom. The molecule has 0 fully saturated rings. The van der Waals surface area contributed by atoms with Crippen LogP contribution in [0, 0.1) is 11.3 Å². The first-order chi connectivity index (χ1) is 13.2. The van der Waals surface area contributed by atoms with Crippen molar-refractivity contribution in [1.29, 1.82) is 5.26 Å². The maximum Gasteiger partial charge on any atom is 0.269 e. The van der Waals surface area contributed by atoms with Crippen molar-refractivity contribution in [1.82, 2.24) is 10.3 Å². The van der Waals surface area contributed by atoms with Gasteiger partial charge in [0, 0.05) is 12.2 Å². The van der Waals surface area contributed by atoms with E-state index in [-0.39, 0.29) is 5.91 Å². The average molecular weight is 356 g/mol. The number of benzene rings is 2. The minimum Gasteiger partial charge on any atom is -0.354 e. The molecule has 1 aromatic heterocycles. The summed E-state index contributed by atoms with van der Waals surface area (Å²) < 4.78 is 0. The summed E-state index contributed by atoms with van der Waals surface area (Å²) in [6.45, 7) is 0.608. The van der Waals surface area contributed by atoms with Gasteiger partial charge in [0.2, 0.25) is 0 Å². The SMILES string of the molecule is N#Cc1cccc(Nc2ccc(C(=O)NCCCc3ccccc3)nc2)c1. The number of nitrogens with zero attached hydrogens (tertiary/aromatic N) is 2. The fourth-order valence-electron chi connectivity index (χ4n) is 2.66. The number of hydrogen-bond donors (Lipinski definition) is 2. The van der Waals surface area contributed by atoms with E-state index in [1.54, 1.807) is 30.5 Å². The van der Waals surface area contributed by atoms with Crippen molar-refractivity contribution in [3.63, 3.8) is 0 Å². The highest BCUT2D eigenvalue weighted by molar-refractivity contribution is 5.92. The smallest absolute Gasteiger partial charge is 0.269 e. The lowest BCUT2D eigenvalue weighted by Gasteiger charge is -2.08. The van der Waals surface area contributed by atoms with E-state index in [0.29, 0.717) is 17.8 Å². The highest BCUT2D eigenvalue weighted by atomic mass is 16.1. The number of nitriles is 1. The third-order valence-corrected chi connectivity index (χ3v) is 4.05. The molecule has 3 rings (SSSR count). The lowest BCUT2D eigenvalue weighted by atomic mass is 10.1. The number of amides is 1. The van der Waals surface area contributed by atoms with Crippen molar-refractivity contribution in [2.24, 2.45) is 0 Å². The molecule has 0 saturated heterocycles. The number of carbonyl (C=O) groups excluding carboxylic acids is 1. The second-order valence-corrected chi connectivity index (χ2v) is 6.09. The minimum atomic E-state index is -0.180. The number of carbonyl (C=O) groups is 1. The molecule has 27 heavy (non-hydrogen) atoms. The zero-order chi connectivity index (χ0) is 18.9. The largest absolute Gasteiger partial charge is 0.354 e. The number of anilines is 2. The van der Waals surface area contributed by atoms with Crippen LogP contribution in [-0.4, -0.2) is 17.4 Å². The van der Waals surface area contributed by atoms with Crippen molar-refractivity contribution < 1.29 is 4.79 Å². The average Bonchev–Trinajstić information content (AvgIpc) is 2.72. The summed E-state index contributed by atoms with van der Waals surface area (Å²) in [5, 5.41) is 15.0.